The van der Waals surface area contributed by atoms with Gasteiger partial charge in [-0.05, 0) is 32.6 Å². The lowest BCUT2D eigenvalue weighted by atomic mass is 9.70. The van der Waals surface area contributed by atoms with Gasteiger partial charge in [-0.3, -0.25) is 19.3 Å². The number of carbonyl (C=O) groups excluding carboxylic acids is 3. The molecular weight excluding hydrogens is 454 g/mol. The van der Waals surface area contributed by atoms with Crippen LogP contribution in [0.15, 0.2) is 12.7 Å². The summed E-state index contributed by atoms with van der Waals surface area (Å²) in [6.45, 7) is 10.7. The van der Waals surface area contributed by atoms with E-state index in [9.17, 15) is 19.5 Å². The number of amides is 2. The number of rotatable bonds is 12. The maximum Gasteiger partial charge on any atom is 0.312 e. The van der Waals surface area contributed by atoms with Gasteiger partial charge in [0.25, 0.3) is 0 Å². The van der Waals surface area contributed by atoms with E-state index in [4.69, 9.17) is 14.2 Å². The number of hydrogen-bond acceptors (Lipinski definition) is 8. The van der Waals surface area contributed by atoms with Gasteiger partial charge in [-0.25, -0.2) is 0 Å². The fourth-order valence-corrected chi connectivity index (χ4v) is 6.28. The molecule has 0 saturated carbocycles. The van der Waals surface area contributed by atoms with E-state index in [1.165, 1.54) is 0 Å². The summed E-state index contributed by atoms with van der Waals surface area (Å²) in [5, 5.41) is 9.28. The number of hydrogen-bond donors (Lipinski definition) is 1. The Hall–Kier alpha value is -2.01. The van der Waals surface area contributed by atoms with E-state index in [1.807, 2.05) is 0 Å². The van der Waals surface area contributed by atoms with Gasteiger partial charge >= 0.3 is 5.97 Å². The number of fused-ring (bicyclic) bond motifs is 1. The van der Waals surface area contributed by atoms with Gasteiger partial charge in [-0.15, -0.1) is 6.58 Å². The summed E-state index contributed by atoms with van der Waals surface area (Å²) < 4.78 is 17.1. The normalized spacial score (nSPS) is 32.1. The van der Waals surface area contributed by atoms with Gasteiger partial charge in [0.05, 0.1) is 37.8 Å². The Morgan fingerprint density at radius 2 is 2.06 bits per heavy atom. The Bertz CT molecular complexity index is 802. The number of nitrogens with zero attached hydrogens (tertiary/aromatic N) is 3. The fourth-order valence-electron chi connectivity index (χ4n) is 6.28. The van der Waals surface area contributed by atoms with Crippen molar-refractivity contribution >= 4 is 17.8 Å². The molecule has 0 unspecified atom stereocenters. The molecule has 4 aliphatic heterocycles. The Morgan fingerprint density at radius 1 is 1.29 bits per heavy atom. The molecule has 4 aliphatic rings. The number of carbonyl (C=O) groups is 3. The van der Waals surface area contributed by atoms with Gasteiger partial charge in [0, 0.05) is 45.9 Å². The molecule has 0 aromatic rings. The van der Waals surface area contributed by atoms with Crippen molar-refractivity contribution in [2.45, 2.75) is 50.4 Å². The minimum atomic E-state index is -1.02. The van der Waals surface area contributed by atoms with Crippen molar-refractivity contribution in [2.75, 3.05) is 65.7 Å². The topological polar surface area (TPSA) is 109 Å². The summed E-state index contributed by atoms with van der Waals surface area (Å²) in [4.78, 5) is 46.3. The predicted molar refractivity (Wildman–Crippen MR) is 126 cm³/mol. The van der Waals surface area contributed by atoms with Crippen molar-refractivity contribution in [2.24, 2.45) is 11.8 Å². The molecule has 4 saturated heterocycles. The van der Waals surface area contributed by atoms with E-state index < -0.39 is 35.6 Å². The van der Waals surface area contributed by atoms with Crippen LogP contribution in [-0.4, -0.2) is 121 Å². The number of aliphatic hydroxyl groups is 1. The van der Waals surface area contributed by atoms with Gasteiger partial charge in [0.1, 0.15) is 11.6 Å². The fraction of sp³-hybridized carbons (Fsp3) is 0.800. The van der Waals surface area contributed by atoms with Crippen LogP contribution >= 0.6 is 0 Å². The Labute approximate surface area is 207 Å². The second-order valence-electron chi connectivity index (χ2n) is 9.80. The van der Waals surface area contributed by atoms with Crippen molar-refractivity contribution < 1.29 is 33.7 Å². The molecule has 196 valence electrons. The van der Waals surface area contributed by atoms with Crippen LogP contribution in [0.25, 0.3) is 0 Å². The van der Waals surface area contributed by atoms with Crippen molar-refractivity contribution in [3.63, 3.8) is 0 Å². The van der Waals surface area contributed by atoms with Gasteiger partial charge in [0.15, 0.2) is 0 Å². The van der Waals surface area contributed by atoms with Crippen molar-refractivity contribution in [3.8, 4) is 0 Å². The van der Waals surface area contributed by atoms with Crippen LogP contribution in [0.5, 0.6) is 0 Å². The molecule has 0 aromatic carbocycles. The molecule has 5 atom stereocenters. The van der Waals surface area contributed by atoms with Crippen LogP contribution in [0.3, 0.4) is 0 Å². The molecule has 4 heterocycles. The van der Waals surface area contributed by atoms with Gasteiger partial charge in [0.2, 0.25) is 11.8 Å². The van der Waals surface area contributed by atoms with Crippen LogP contribution in [0, 0.1) is 11.8 Å². The predicted octanol–water partition coefficient (Wildman–Crippen LogP) is 0.0434. The van der Waals surface area contributed by atoms with Crippen LogP contribution < -0.4 is 0 Å². The highest BCUT2D eigenvalue weighted by molar-refractivity contribution is 5.98. The second kappa shape index (κ2) is 11.4. The minimum Gasteiger partial charge on any atom is -0.466 e. The number of morpholine rings is 1. The second-order valence-corrected chi connectivity index (χ2v) is 9.80. The molecule has 0 aromatic heterocycles. The standard InChI is InChI=1S/C25H39N3O7/c1-3-9-27(12-11-26-13-16-33-17-14-26)23(31)21-25-8-7-18(35-25)19(24(32)34-4-2)20(25)22(30)28(21)10-5-6-15-29/h3,18-21,29H,1,4-17H2,2H3/t18-,19+,20+,21-,25+/m1/s1. The summed E-state index contributed by atoms with van der Waals surface area (Å²) >= 11 is 0. The zero-order valence-electron chi connectivity index (χ0n) is 20.7. The molecule has 4 rings (SSSR count). The Kier molecular flexibility index (Phi) is 8.46. The lowest BCUT2D eigenvalue weighted by Gasteiger charge is -2.37. The Balaban J connectivity index is 1.60. The highest BCUT2D eigenvalue weighted by atomic mass is 16.6. The Morgan fingerprint density at radius 3 is 2.74 bits per heavy atom. The van der Waals surface area contributed by atoms with Crippen molar-refractivity contribution in [1.82, 2.24) is 14.7 Å². The van der Waals surface area contributed by atoms with Crippen molar-refractivity contribution in [1.29, 1.82) is 0 Å². The third-order valence-electron chi connectivity index (χ3n) is 7.85. The highest BCUT2D eigenvalue weighted by Gasteiger charge is 2.74. The van der Waals surface area contributed by atoms with E-state index in [1.54, 1.807) is 22.8 Å². The van der Waals surface area contributed by atoms with E-state index in [-0.39, 0.29) is 25.0 Å². The lowest BCUT2D eigenvalue weighted by molar-refractivity contribution is -0.155. The molecule has 0 radical (unpaired) electrons. The summed E-state index contributed by atoms with van der Waals surface area (Å²) in [5.41, 5.74) is -1.02. The first-order valence-corrected chi connectivity index (χ1v) is 12.9. The molecule has 10 heteroatoms. The van der Waals surface area contributed by atoms with Crippen LogP contribution in [0.2, 0.25) is 0 Å². The first kappa shape index (κ1) is 26.1. The molecule has 35 heavy (non-hydrogen) atoms. The first-order chi connectivity index (χ1) is 17.0. The van der Waals surface area contributed by atoms with E-state index in [2.05, 4.69) is 11.5 Å². The van der Waals surface area contributed by atoms with E-state index >= 15 is 0 Å². The smallest absolute Gasteiger partial charge is 0.312 e. The summed E-state index contributed by atoms with van der Waals surface area (Å²) in [6.07, 6.45) is 3.57. The van der Waals surface area contributed by atoms with E-state index in [0.717, 1.165) is 13.1 Å². The monoisotopic (exact) mass is 493 g/mol. The molecule has 4 fully saturated rings. The molecular formula is C25H39N3O7. The summed E-state index contributed by atoms with van der Waals surface area (Å²) in [7, 11) is 0. The SMILES string of the molecule is C=CCN(CCN1CCOCC1)C(=O)[C@H]1N(CCCCO)C(=O)[C@@H]2[C@@H](C(=O)OCC)[C@H]3CC[C@]21O3. The minimum absolute atomic E-state index is 0.0153. The molecule has 1 spiro atoms. The third-order valence-corrected chi connectivity index (χ3v) is 7.85. The van der Waals surface area contributed by atoms with Crippen LogP contribution in [0.1, 0.15) is 32.6 Å². The van der Waals surface area contributed by atoms with E-state index in [0.29, 0.717) is 65.1 Å². The van der Waals surface area contributed by atoms with Crippen molar-refractivity contribution in [3.05, 3.63) is 12.7 Å². The summed E-state index contributed by atoms with van der Waals surface area (Å²) in [6, 6.07) is -0.798. The average molecular weight is 494 g/mol. The lowest BCUT2D eigenvalue weighted by Crippen LogP contribution is -2.57. The maximum absolute atomic E-state index is 14.1. The quantitative estimate of drug-likeness (QED) is 0.231. The molecule has 10 nitrogen and oxygen atoms in total. The van der Waals surface area contributed by atoms with Gasteiger partial charge in [-0.2, -0.15) is 0 Å². The first-order valence-electron chi connectivity index (χ1n) is 12.9. The third kappa shape index (κ3) is 4.85. The molecule has 2 bridgehead atoms. The highest BCUT2D eigenvalue weighted by Crippen LogP contribution is 2.58. The van der Waals surface area contributed by atoms with Gasteiger partial charge in [-0.1, -0.05) is 6.08 Å². The molecule has 0 aliphatic carbocycles. The number of likely N-dealkylation sites (tertiary alicyclic amines) is 1. The van der Waals surface area contributed by atoms with Crippen LogP contribution in [-0.2, 0) is 28.6 Å². The number of unbranched alkanes of at least 4 members (excludes halogenated alkanes) is 1. The average Bonchev–Trinajstić information content (AvgIpc) is 3.50. The molecule has 2 amide bonds. The summed E-state index contributed by atoms with van der Waals surface area (Å²) in [5.74, 6) is -2.20. The van der Waals surface area contributed by atoms with Crippen LogP contribution in [0.4, 0.5) is 0 Å². The number of ether oxygens (including phenoxy) is 3. The number of aliphatic hydroxyl groups excluding tert-OH is 1. The maximum atomic E-state index is 14.1. The van der Waals surface area contributed by atoms with Gasteiger partial charge < -0.3 is 29.1 Å². The zero-order valence-corrected chi connectivity index (χ0v) is 20.7. The molecule has 1 N–H and O–H groups in total. The largest absolute Gasteiger partial charge is 0.466 e. The zero-order chi connectivity index (χ0) is 25.0. The number of esters is 1.